The summed E-state index contributed by atoms with van der Waals surface area (Å²) in [5, 5.41) is 10.0. The Hall–Kier alpha value is -1.10. The molecule has 0 radical (unpaired) electrons. The zero-order valence-electron chi connectivity index (χ0n) is 12.9. The Kier molecular flexibility index (Phi) is 5.84. The first-order valence-electron chi connectivity index (χ1n) is 7.78. The molecular weight excluding hydrogens is 302 g/mol. The Morgan fingerprint density at radius 2 is 1.86 bits per heavy atom. The van der Waals surface area contributed by atoms with Crippen LogP contribution in [0.2, 0.25) is 0 Å². The SMILES string of the molecule is CN1C2CCC1CC(OC(=O)[C@H](O)Cc1ccccc1)C2.Cl. The molecule has 3 atom stereocenters. The summed E-state index contributed by atoms with van der Waals surface area (Å²) in [6.45, 7) is 0. The Bertz CT molecular complexity index is 482. The van der Waals surface area contributed by atoms with Crippen LogP contribution in [-0.2, 0) is 16.0 Å². The number of halogens is 1. The fourth-order valence-corrected chi connectivity index (χ4v) is 3.62. The lowest BCUT2D eigenvalue weighted by atomic mass is 10.0. The van der Waals surface area contributed by atoms with E-state index in [9.17, 15) is 9.90 Å². The number of carbonyl (C=O) groups excluding carboxylic acids is 1. The van der Waals surface area contributed by atoms with Crippen LogP contribution in [0.5, 0.6) is 0 Å². The molecule has 2 unspecified atom stereocenters. The monoisotopic (exact) mass is 325 g/mol. The Labute approximate surface area is 137 Å². The van der Waals surface area contributed by atoms with E-state index < -0.39 is 12.1 Å². The number of fused-ring (bicyclic) bond motifs is 2. The van der Waals surface area contributed by atoms with Crippen LogP contribution in [0.25, 0.3) is 0 Å². The average molecular weight is 326 g/mol. The number of hydrogen-bond acceptors (Lipinski definition) is 4. The fraction of sp³-hybridized carbons (Fsp3) is 0.588. The number of aliphatic hydroxyl groups is 1. The van der Waals surface area contributed by atoms with Crippen molar-refractivity contribution in [2.24, 2.45) is 0 Å². The molecule has 122 valence electrons. The summed E-state index contributed by atoms with van der Waals surface area (Å²) in [5.41, 5.74) is 0.949. The van der Waals surface area contributed by atoms with Gasteiger partial charge in [-0.1, -0.05) is 30.3 Å². The lowest BCUT2D eigenvalue weighted by molar-refractivity contribution is -0.162. The van der Waals surface area contributed by atoms with E-state index >= 15 is 0 Å². The van der Waals surface area contributed by atoms with Gasteiger partial charge in [-0.15, -0.1) is 12.4 Å². The quantitative estimate of drug-likeness (QED) is 0.862. The van der Waals surface area contributed by atoms with E-state index in [1.807, 2.05) is 30.3 Å². The van der Waals surface area contributed by atoms with E-state index in [-0.39, 0.29) is 18.5 Å². The van der Waals surface area contributed by atoms with Gasteiger partial charge in [0.1, 0.15) is 6.10 Å². The van der Waals surface area contributed by atoms with Crippen molar-refractivity contribution in [1.29, 1.82) is 0 Å². The second-order valence-electron chi connectivity index (χ2n) is 6.29. The van der Waals surface area contributed by atoms with Crippen molar-refractivity contribution < 1.29 is 14.6 Å². The predicted molar refractivity (Wildman–Crippen MR) is 87.1 cm³/mol. The van der Waals surface area contributed by atoms with Gasteiger partial charge in [-0.05, 0) is 38.3 Å². The van der Waals surface area contributed by atoms with Crippen LogP contribution in [0.15, 0.2) is 30.3 Å². The van der Waals surface area contributed by atoms with Crippen LogP contribution in [0.3, 0.4) is 0 Å². The first-order chi connectivity index (χ1) is 10.1. The number of hydrogen-bond donors (Lipinski definition) is 1. The van der Waals surface area contributed by atoms with E-state index in [4.69, 9.17) is 4.74 Å². The molecule has 0 saturated carbocycles. The molecule has 0 spiro atoms. The number of rotatable bonds is 4. The van der Waals surface area contributed by atoms with Gasteiger partial charge in [-0.25, -0.2) is 4.79 Å². The molecule has 5 heteroatoms. The number of piperidine rings is 1. The van der Waals surface area contributed by atoms with Crippen molar-refractivity contribution in [3.63, 3.8) is 0 Å². The standard InChI is InChI=1S/C17H23NO3.ClH/c1-18-13-7-8-14(18)11-15(10-13)21-17(20)16(19)9-12-5-3-2-4-6-12;/h2-6,13-16,19H,7-11H2,1H3;1H/t13?,14?,15?,16-;/m1./s1. The first-order valence-corrected chi connectivity index (χ1v) is 7.78. The molecule has 3 rings (SSSR count). The predicted octanol–water partition coefficient (Wildman–Crippen LogP) is 2.18. The number of esters is 1. The fourth-order valence-electron chi connectivity index (χ4n) is 3.62. The Morgan fingerprint density at radius 1 is 1.27 bits per heavy atom. The van der Waals surface area contributed by atoms with Gasteiger partial charge in [0.15, 0.2) is 6.10 Å². The Balaban J connectivity index is 0.00000176. The van der Waals surface area contributed by atoms with Gasteiger partial charge < -0.3 is 14.7 Å². The van der Waals surface area contributed by atoms with Crippen molar-refractivity contribution >= 4 is 18.4 Å². The van der Waals surface area contributed by atoms with E-state index in [0.717, 1.165) is 18.4 Å². The topological polar surface area (TPSA) is 49.8 Å². The molecule has 2 saturated heterocycles. The lowest BCUT2D eigenvalue weighted by Gasteiger charge is -2.36. The third-order valence-electron chi connectivity index (χ3n) is 4.88. The molecule has 0 aliphatic carbocycles. The normalized spacial score (nSPS) is 28.7. The highest BCUT2D eigenvalue weighted by Gasteiger charge is 2.40. The third-order valence-corrected chi connectivity index (χ3v) is 4.88. The minimum absolute atomic E-state index is 0. The number of aliphatic hydroxyl groups excluding tert-OH is 1. The molecule has 1 aromatic carbocycles. The third kappa shape index (κ3) is 3.80. The van der Waals surface area contributed by atoms with E-state index in [0.29, 0.717) is 18.5 Å². The number of nitrogens with zero attached hydrogens (tertiary/aromatic N) is 1. The maximum Gasteiger partial charge on any atom is 0.335 e. The number of carbonyl (C=O) groups is 1. The highest BCUT2D eigenvalue weighted by molar-refractivity contribution is 5.85. The van der Waals surface area contributed by atoms with Gasteiger partial charge in [-0.3, -0.25) is 0 Å². The lowest BCUT2D eigenvalue weighted by Crippen LogP contribution is -2.44. The minimum atomic E-state index is -1.07. The van der Waals surface area contributed by atoms with Crippen molar-refractivity contribution in [2.45, 2.75) is 56.4 Å². The summed E-state index contributed by atoms with van der Waals surface area (Å²) >= 11 is 0. The van der Waals surface area contributed by atoms with Crippen molar-refractivity contribution in [3.05, 3.63) is 35.9 Å². The van der Waals surface area contributed by atoms with E-state index in [1.165, 1.54) is 12.8 Å². The maximum absolute atomic E-state index is 12.0. The smallest absolute Gasteiger partial charge is 0.335 e. The van der Waals surface area contributed by atoms with Crippen LogP contribution in [0.1, 0.15) is 31.2 Å². The van der Waals surface area contributed by atoms with Crippen molar-refractivity contribution in [1.82, 2.24) is 4.90 Å². The summed E-state index contributed by atoms with van der Waals surface area (Å²) in [6.07, 6.45) is 3.41. The molecule has 1 N–H and O–H groups in total. The highest BCUT2D eigenvalue weighted by atomic mass is 35.5. The molecule has 0 amide bonds. The molecule has 2 heterocycles. The largest absolute Gasteiger partial charge is 0.460 e. The average Bonchev–Trinajstić information content (AvgIpc) is 2.71. The summed E-state index contributed by atoms with van der Waals surface area (Å²) in [4.78, 5) is 14.5. The van der Waals surface area contributed by atoms with Crippen molar-refractivity contribution in [3.8, 4) is 0 Å². The minimum Gasteiger partial charge on any atom is -0.460 e. The second kappa shape index (κ2) is 7.44. The summed E-state index contributed by atoms with van der Waals surface area (Å²) in [7, 11) is 2.16. The van der Waals surface area contributed by atoms with Crippen LogP contribution in [0.4, 0.5) is 0 Å². The molecule has 4 nitrogen and oxygen atoms in total. The molecule has 22 heavy (non-hydrogen) atoms. The van der Waals surface area contributed by atoms with Gasteiger partial charge >= 0.3 is 5.97 Å². The molecule has 1 aromatic rings. The molecule has 0 aromatic heterocycles. The zero-order chi connectivity index (χ0) is 14.8. The van der Waals surface area contributed by atoms with Crippen LogP contribution in [0, 0.1) is 0 Å². The second-order valence-corrected chi connectivity index (χ2v) is 6.29. The van der Waals surface area contributed by atoms with Gasteiger partial charge in [0.25, 0.3) is 0 Å². The number of benzene rings is 1. The highest BCUT2D eigenvalue weighted by Crippen LogP contribution is 2.35. The number of ether oxygens (including phenoxy) is 1. The van der Waals surface area contributed by atoms with Crippen LogP contribution >= 0.6 is 12.4 Å². The summed E-state index contributed by atoms with van der Waals surface area (Å²) in [5.74, 6) is -0.479. The first kappa shape index (κ1) is 17.3. The molecule has 2 aliphatic rings. The summed E-state index contributed by atoms with van der Waals surface area (Å²) in [6, 6.07) is 10.6. The molecular formula is C17H24ClNO3. The Morgan fingerprint density at radius 3 is 2.45 bits per heavy atom. The molecule has 2 fully saturated rings. The molecule has 2 aliphatic heterocycles. The maximum atomic E-state index is 12.0. The zero-order valence-corrected chi connectivity index (χ0v) is 13.7. The van der Waals surface area contributed by atoms with E-state index in [1.54, 1.807) is 0 Å². The van der Waals surface area contributed by atoms with E-state index in [2.05, 4.69) is 11.9 Å². The molecule has 2 bridgehead atoms. The van der Waals surface area contributed by atoms with Gasteiger partial charge in [-0.2, -0.15) is 0 Å². The van der Waals surface area contributed by atoms with Gasteiger partial charge in [0.05, 0.1) is 0 Å². The van der Waals surface area contributed by atoms with Gasteiger partial charge in [0.2, 0.25) is 0 Å². The van der Waals surface area contributed by atoms with Crippen LogP contribution in [-0.4, -0.2) is 47.3 Å². The van der Waals surface area contributed by atoms with Gasteiger partial charge in [0, 0.05) is 18.5 Å². The van der Waals surface area contributed by atoms with Crippen molar-refractivity contribution in [2.75, 3.05) is 7.05 Å². The summed E-state index contributed by atoms with van der Waals surface area (Å²) < 4.78 is 5.54. The van der Waals surface area contributed by atoms with Crippen LogP contribution < -0.4 is 0 Å².